The first-order valence-corrected chi connectivity index (χ1v) is 10.8. The number of nitrogen functional groups attached to an aromatic ring is 1. The zero-order valence-corrected chi connectivity index (χ0v) is 17.6. The van der Waals surface area contributed by atoms with Gasteiger partial charge in [0.05, 0.1) is 17.4 Å². The van der Waals surface area contributed by atoms with Crippen molar-refractivity contribution >= 4 is 16.9 Å². The maximum atomic E-state index is 15.3. The van der Waals surface area contributed by atoms with Crippen molar-refractivity contribution < 1.29 is 4.39 Å². The Morgan fingerprint density at radius 2 is 2.10 bits per heavy atom. The first-order chi connectivity index (χ1) is 14.9. The van der Waals surface area contributed by atoms with Crippen LogP contribution in [0, 0.1) is 12.7 Å². The molecular weight excluding hydrogens is 417 g/mol. The smallest absolute Gasteiger partial charge is 0.332 e. The van der Waals surface area contributed by atoms with E-state index in [2.05, 4.69) is 4.98 Å². The zero-order valence-electron chi connectivity index (χ0n) is 16.8. The highest BCUT2D eigenvalue weighted by Gasteiger charge is 2.32. The van der Waals surface area contributed by atoms with Crippen LogP contribution in [0.4, 0.5) is 4.39 Å². The van der Waals surface area contributed by atoms with Crippen LogP contribution in [0.3, 0.4) is 0 Å². The Morgan fingerprint density at radius 1 is 1.32 bits per heavy atom. The quantitative estimate of drug-likeness (QED) is 0.477. The molecule has 1 saturated carbocycles. The second-order valence-electron chi connectivity index (χ2n) is 7.74. The molecule has 0 spiro atoms. The number of nitrogens with two attached hydrogens (primary N) is 2. The molecule has 7 nitrogen and oxygen atoms in total. The van der Waals surface area contributed by atoms with Crippen molar-refractivity contribution in [2.45, 2.75) is 32.2 Å². The second kappa shape index (κ2) is 7.14. The minimum absolute atomic E-state index is 0.0383. The lowest BCUT2D eigenvalue weighted by atomic mass is 10.0. The number of rotatable bonds is 4. The molecule has 0 unspecified atom stereocenters. The summed E-state index contributed by atoms with van der Waals surface area (Å²) in [7, 11) is 0. The van der Waals surface area contributed by atoms with Crippen molar-refractivity contribution in [3.8, 4) is 21.6 Å². The molecule has 0 radical (unpaired) electrons. The monoisotopic (exact) mass is 437 g/mol. The molecule has 4 aromatic rings. The molecule has 1 fully saturated rings. The molecule has 1 aliphatic carbocycles. The molecule has 4 heterocycles. The number of halogens is 1. The molecule has 0 aromatic carbocycles. The van der Waals surface area contributed by atoms with Gasteiger partial charge < -0.3 is 11.6 Å². The van der Waals surface area contributed by atoms with E-state index in [4.69, 9.17) is 11.6 Å². The van der Waals surface area contributed by atoms with Gasteiger partial charge in [0.1, 0.15) is 5.82 Å². The molecule has 9 heteroatoms. The predicted molar refractivity (Wildman–Crippen MR) is 119 cm³/mol. The van der Waals surface area contributed by atoms with Crippen LogP contribution < -0.4 is 22.8 Å². The molecule has 1 aliphatic rings. The highest BCUT2D eigenvalue weighted by Crippen LogP contribution is 2.43. The summed E-state index contributed by atoms with van der Waals surface area (Å²) in [6.07, 6.45) is 4.51. The molecule has 0 aliphatic heterocycles. The van der Waals surface area contributed by atoms with E-state index >= 15 is 4.39 Å². The van der Waals surface area contributed by atoms with Gasteiger partial charge in [-0.2, -0.15) is 4.68 Å². The lowest BCUT2D eigenvalue weighted by Crippen LogP contribution is -2.44. The Labute approximate surface area is 180 Å². The Hall–Kier alpha value is -3.30. The van der Waals surface area contributed by atoms with E-state index in [-0.39, 0.29) is 5.92 Å². The lowest BCUT2D eigenvalue weighted by Gasteiger charge is -2.15. The summed E-state index contributed by atoms with van der Waals surface area (Å²) >= 11 is 1.39. The molecule has 0 bridgehead atoms. The third-order valence-corrected chi connectivity index (χ3v) is 6.74. The zero-order chi connectivity index (χ0) is 21.9. The third kappa shape index (κ3) is 3.00. The summed E-state index contributed by atoms with van der Waals surface area (Å²) in [6, 6.07) is 5.65. The number of fused-ring (bicyclic) bond motifs is 1. The minimum Gasteiger partial charge on any atom is -0.332 e. The molecule has 158 valence electrons. The van der Waals surface area contributed by atoms with Crippen LogP contribution in [0.5, 0.6) is 0 Å². The summed E-state index contributed by atoms with van der Waals surface area (Å²) in [4.78, 5) is 30.3. The normalized spacial score (nSPS) is 13.8. The Bertz CT molecular complexity index is 1470. The van der Waals surface area contributed by atoms with Gasteiger partial charge in [0, 0.05) is 34.3 Å². The van der Waals surface area contributed by atoms with Gasteiger partial charge in [-0.05, 0) is 54.3 Å². The Kier molecular flexibility index (Phi) is 4.53. The molecule has 4 N–H and O–H groups in total. The Morgan fingerprint density at radius 3 is 2.81 bits per heavy atom. The van der Waals surface area contributed by atoms with E-state index in [0.29, 0.717) is 38.3 Å². The van der Waals surface area contributed by atoms with Crippen LogP contribution in [-0.4, -0.2) is 14.1 Å². The fraction of sp³-hybridized carbons (Fsp3) is 0.227. The van der Waals surface area contributed by atoms with Gasteiger partial charge in [-0.15, -0.1) is 11.3 Å². The van der Waals surface area contributed by atoms with Gasteiger partial charge in [-0.25, -0.2) is 9.18 Å². The van der Waals surface area contributed by atoms with Crippen LogP contribution in [0.1, 0.15) is 35.6 Å². The highest BCUT2D eigenvalue weighted by atomic mass is 32.1. The van der Waals surface area contributed by atoms with Crippen LogP contribution in [0.25, 0.3) is 27.1 Å². The standard InChI is InChI=1S/C22H20FN5O2S/c1-11-18(17-7-13(10-31-17)14-3-2-6-26-16(14)8-24)15(23)9-27-20(11)19(12-4-5-12)21(29)28(25)22(27)30/h2-3,6-7,9-10,12H,4-5,8,24-25H2,1H3. The average molecular weight is 438 g/mol. The van der Waals surface area contributed by atoms with Crippen LogP contribution in [0.2, 0.25) is 0 Å². The van der Waals surface area contributed by atoms with Gasteiger partial charge >= 0.3 is 5.69 Å². The van der Waals surface area contributed by atoms with Crippen molar-refractivity contribution in [1.82, 2.24) is 14.1 Å². The fourth-order valence-corrected chi connectivity index (χ4v) is 5.16. The number of pyridine rings is 2. The Balaban J connectivity index is 1.77. The first-order valence-electron chi connectivity index (χ1n) is 9.91. The summed E-state index contributed by atoms with van der Waals surface area (Å²) in [5.41, 5.74) is 8.96. The van der Waals surface area contributed by atoms with E-state index < -0.39 is 17.1 Å². The first kappa shape index (κ1) is 19.7. The summed E-state index contributed by atoms with van der Waals surface area (Å²) < 4.78 is 17.0. The highest BCUT2D eigenvalue weighted by molar-refractivity contribution is 7.14. The van der Waals surface area contributed by atoms with Gasteiger partial charge in [0.2, 0.25) is 0 Å². The maximum absolute atomic E-state index is 15.3. The molecule has 0 atom stereocenters. The van der Waals surface area contributed by atoms with E-state index in [1.54, 1.807) is 13.1 Å². The van der Waals surface area contributed by atoms with Crippen LogP contribution in [-0.2, 0) is 6.54 Å². The van der Waals surface area contributed by atoms with Gasteiger partial charge in [0.15, 0.2) is 0 Å². The second-order valence-corrected chi connectivity index (χ2v) is 8.65. The number of hydrogen-bond donors (Lipinski definition) is 2. The summed E-state index contributed by atoms with van der Waals surface area (Å²) in [5.74, 6) is 5.18. The largest absolute Gasteiger partial charge is 0.354 e. The van der Waals surface area contributed by atoms with E-state index in [9.17, 15) is 9.59 Å². The molecular formula is C22H20FN5O2S. The topological polar surface area (TPSA) is 108 Å². The number of hydrogen-bond acceptors (Lipinski definition) is 6. The predicted octanol–water partition coefficient (Wildman–Crippen LogP) is 2.75. The number of nitrogens with zero attached hydrogens (tertiary/aromatic N) is 3. The van der Waals surface area contributed by atoms with Crippen molar-refractivity contribution in [3.63, 3.8) is 0 Å². The van der Waals surface area contributed by atoms with Gasteiger partial charge in [0.25, 0.3) is 5.56 Å². The average Bonchev–Trinajstić information content (AvgIpc) is 3.49. The number of aromatic nitrogens is 3. The molecule has 0 saturated heterocycles. The summed E-state index contributed by atoms with van der Waals surface area (Å²) in [5, 5.41) is 1.93. The van der Waals surface area contributed by atoms with E-state index in [0.717, 1.165) is 40.3 Å². The molecule has 31 heavy (non-hydrogen) atoms. The van der Waals surface area contributed by atoms with Crippen molar-refractivity contribution in [2.75, 3.05) is 5.84 Å². The van der Waals surface area contributed by atoms with Gasteiger partial charge in [-0.3, -0.25) is 14.2 Å². The third-order valence-electron chi connectivity index (χ3n) is 5.79. The number of thiophene rings is 1. The van der Waals surface area contributed by atoms with E-state index in [1.165, 1.54) is 11.3 Å². The van der Waals surface area contributed by atoms with Crippen molar-refractivity contribution in [3.05, 3.63) is 79.4 Å². The lowest BCUT2D eigenvalue weighted by molar-refractivity contribution is 0.616. The summed E-state index contributed by atoms with van der Waals surface area (Å²) in [6.45, 7) is 2.04. The maximum Gasteiger partial charge on any atom is 0.354 e. The molecule has 5 rings (SSSR count). The van der Waals surface area contributed by atoms with Crippen LogP contribution in [0.15, 0.2) is 45.6 Å². The van der Waals surface area contributed by atoms with Gasteiger partial charge in [-0.1, -0.05) is 6.07 Å². The van der Waals surface area contributed by atoms with Crippen molar-refractivity contribution in [1.29, 1.82) is 0 Å². The van der Waals surface area contributed by atoms with E-state index in [1.807, 2.05) is 23.6 Å². The fourth-order valence-electron chi connectivity index (χ4n) is 4.15. The molecule has 0 amide bonds. The molecule has 4 aromatic heterocycles. The minimum atomic E-state index is -0.757. The SMILES string of the molecule is Cc1c(-c2cc(-c3cccnc3CN)cs2)c(F)cn2c(=O)n(N)c(=O)c(C3CC3)c12. The number of aryl methyl sites for hydroxylation is 1. The van der Waals surface area contributed by atoms with Crippen molar-refractivity contribution in [2.24, 2.45) is 5.73 Å². The van der Waals surface area contributed by atoms with Crippen LogP contribution >= 0.6 is 11.3 Å².